The SMILES string of the molecule is CCNC(=NCC(O)c1cc(OC)cc(OC)c1)NCC1CCCO1. The van der Waals surface area contributed by atoms with Gasteiger partial charge in [-0.25, -0.2) is 0 Å². The number of ether oxygens (including phenoxy) is 3. The van der Waals surface area contributed by atoms with Crippen LogP contribution in [-0.2, 0) is 4.74 Å². The second-order valence-corrected chi connectivity index (χ2v) is 5.90. The fraction of sp³-hybridized carbons (Fsp3) is 0.611. The molecule has 0 radical (unpaired) electrons. The van der Waals surface area contributed by atoms with E-state index in [0.717, 1.165) is 32.5 Å². The minimum Gasteiger partial charge on any atom is -0.497 e. The summed E-state index contributed by atoms with van der Waals surface area (Å²) in [5.74, 6) is 1.95. The van der Waals surface area contributed by atoms with Crippen LogP contribution in [0.5, 0.6) is 11.5 Å². The predicted molar refractivity (Wildman–Crippen MR) is 97.5 cm³/mol. The quantitative estimate of drug-likeness (QED) is 0.486. The predicted octanol–water partition coefficient (Wildman–Crippen LogP) is 1.47. The van der Waals surface area contributed by atoms with Gasteiger partial charge in [0.15, 0.2) is 5.96 Å². The first-order valence-electron chi connectivity index (χ1n) is 8.71. The number of hydrogen-bond acceptors (Lipinski definition) is 5. The second kappa shape index (κ2) is 10.1. The third-order valence-corrected chi connectivity index (χ3v) is 4.05. The molecule has 2 unspecified atom stereocenters. The van der Waals surface area contributed by atoms with Gasteiger partial charge in [0.1, 0.15) is 11.5 Å². The van der Waals surface area contributed by atoms with Crippen LogP contribution in [0.4, 0.5) is 0 Å². The summed E-state index contributed by atoms with van der Waals surface area (Å²) in [5, 5.41) is 16.9. The van der Waals surface area contributed by atoms with Gasteiger partial charge in [0.05, 0.1) is 33.0 Å². The maximum absolute atomic E-state index is 10.5. The summed E-state index contributed by atoms with van der Waals surface area (Å²) >= 11 is 0. The van der Waals surface area contributed by atoms with E-state index in [0.29, 0.717) is 23.0 Å². The molecular formula is C18H29N3O4. The number of rotatable bonds is 8. The Bertz CT molecular complexity index is 537. The smallest absolute Gasteiger partial charge is 0.191 e. The zero-order chi connectivity index (χ0) is 18.1. The molecule has 1 heterocycles. The molecule has 1 aromatic carbocycles. The zero-order valence-corrected chi connectivity index (χ0v) is 15.2. The first-order valence-corrected chi connectivity index (χ1v) is 8.71. The van der Waals surface area contributed by atoms with Crippen LogP contribution >= 0.6 is 0 Å². The van der Waals surface area contributed by atoms with E-state index in [-0.39, 0.29) is 12.6 Å². The molecule has 0 saturated carbocycles. The first kappa shape index (κ1) is 19.3. The van der Waals surface area contributed by atoms with Gasteiger partial charge in [-0.05, 0) is 37.5 Å². The van der Waals surface area contributed by atoms with Crippen LogP contribution < -0.4 is 20.1 Å². The first-order chi connectivity index (χ1) is 12.2. The lowest BCUT2D eigenvalue weighted by Crippen LogP contribution is -2.41. The fourth-order valence-electron chi connectivity index (χ4n) is 2.66. The maximum Gasteiger partial charge on any atom is 0.191 e. The molecule has 0 aliphatic carbocycles. The van der Waals surface area contributed by atoms with Crippen molar-refractivity contribution in [2.24, 2.45) is 4.99 Å². The lowest BCUT2D eigenvalue weighted by molar-refractivity contribution is 0.113. The number of aliphatic hydroxyl groups is 1. The van der Waals surface area contributed by atoms with Gasteiger partial charge in [0, 0.05) is 25.8 Å². The summed E-state index contributed by atoms with van der Waals surface area (Å²) in [6, 6.07) is 5.34. The average Bonchev–Trinajstić information content (AvgIpc) is 3.16. The molecule has 1 aromatic rings. The maximum atomic E-state index is 10.5. The fourth-order valence-corrected chi connectivity index (χ4v) is 2.66. The van der Waals surface area contributed by atoms with E-state index in [1.165, 1.54) is 0 Å². The van der Waals surface area contributed by atoms with Crippen LogP contribution in [0.25, 0.3) is 0 Å². The lowest BCUT2D eigenvalue weighted by Gasteiger charge is -2.16. The van der Waals surface area contributed by atoms with Gasteiger partial charge >= 0.3 is 0 Å². The van der Waals surface area contributed by atoms with E-state index in [9.17, 15) is 5.11 Å². The number of nitrogens with zero attached hydrogens (tertiary/aromatic N) is 1. The average molecular weight is 351 g/mol. The summed E-state index contributed by atoms with van der Waals surface area (Å²) in [6.07, 6.45) is 1.66. The highest BCUT2D eigenvalue weighted by Gasteiger charge is 2.16. The highest BCUT2D eigenvalue weighted by molar-refractivity contribution is 5.79. The summed E-state index contributed by atoms with van der Waals surface area (Å²) in [5.41, 5.74) is 0.704. The molecule has 0 amide bonds. The van der Waals surface area contributed by atoms with Crippen molar-refractivity contribution in [3.05, 3.63) is 23.8 Å². The highest BCUT2D eigenvalue weighted by Crippen LogP contribution is 2.26. The molecule has 2 rings (SSSR count). The highest BCUT2D eigenvalue weighted by atomic mass is 16.5. The molecule has 7 nitrogen and oxygen atoms in total. The van der Waals surface area contributed by atoms with Crippen LogP contribution in [0.3, 0.4) is 0 Å². The molecule has 2 atom stereocenters. The van der Waals surface area contributed by atoms with Crippen molar-refractivity contribution in [2.45, 2.75) is 32.0 Å². The van der Waals surface area contributed by atoms with Crippen molar-refractivity contribution in [1.82, 2.24) is 10.6 Å². The Balaban J connectivity index is 1.97. The van der Waals surface area contributed by atoms with Crippen molar-refractivity contribution in [2.75, 3.05) is 40.5 Å². The van der Waals surface area contributed by atoms with E-state index in [1.807, 2.05) is 6.92 Å². The van der Waals surface area contributed by atoms with Gasteiger partial charge in [-0.2, -0.15) is 0 Å². The van der Waals surface area contributed by atoms with Gasteiger partial charge in [0.25, 0.3) is 0 Å². The Morgan fingerprint density at radius 3 is 2.56 bits per heavy atom. The Morgan fingerprint density at radius 1 is 1.28 bits per heavy atom. The minimum absolute atomic E-state index is 0.233. The molecule has 0 bridgehead atoms. The molecule has 1 aliphatic rings. The zero-order valence-electron chi connectivity index (χ0n) is 15.2. The standard InChI is InChI=1S/C18H29N3O4/c1-4-19-18(20-11-14-6-5-7-25-14)21-12-17(22)13-8-15(23-2)10-16(9-13)24-3/h8-10,14,17,22H,4-7,11-12H2,1-3H3,(H2,19,20,21). The van der Waals surface area contributed by atoms with Gasteiger partial charge in [-0.15, -0.1) is 0 Å². The summed E-state index contributed by atoms with van der Waals surface area (Å²) < 4.78 is 16.1. The molecule has 3 N–H and O–H groups in total. The summed E-state index contributed by atoms with van der Waals surface area (Å²) in [6.45, 7) is 4.54. The van der Waals surface area contributed by atoms with Gasteiger partial charge in [-0.3, -0.25) is 4.99 Å². The van der Waals surface area contributed by atoms with Crippen LogP contribution in [0.15, 0.2) is 23.2 Å². The van der Waals surface area contributed by atoms with Crippen LogP contribution in [0.2, 0.25) is 0 Å². The molecule has 7 heteroatoms. The Hall–Kier alpha value is -1.99. The second-order valence-electron chi connectivity index (χ2n) is 5.90. The Kier molecular flexibility index (Phi) is 7.81. The summed E-state index contributed by atoms with van der Waals surface area (Å²) in [7, 11) is 3.17. The van der Waals surface area contributed by atoms with E-state index >= 15 is 0 Å². The number of aliphatic hydroxyl groups excluding tert-OH is 1. The van der Waals surface area contributed by atoms with Gasteiger partial charge < -0.3 is 30.0 Å². The summed E-state index contributed by atoms with van der Waals surface area (Å²) in [4.78, 5) is 4.47. The van der Waals surface area contributed by atoms with E-state index < -0.39 is 6.10 Å². The molecule has 1 saturated heterocycles. The van der Waals surface area contributed by atoms with Crippen LogP contribution in [0.1, 0.15) is 31.4 Å². The monoisotopic (exact) mass is 351 g/mol. The largest absolute Gasteiger partial charge is 0.497 e. The van der Waals surface area contributed by atoms with E-state index in [1.54, 1.807) is 32.4 Å². The Morgan fingerprint density at radius 2 is 2.00 bits per heavy atom. The van der Waals surface area contributed by atoms with Crippen molar-refractivity contribution in [3.63, 3.8) is 0 Å². The van der Waals surface area contributed by atoms with Crippen LogP contribution in [-0.4, -0.2) is 57.6 Å². The third kappa shape index (κ3) is 6.10. The number of hydrogen-bond donors (Lipinski definition) is 3. The number of guanidine groups is 1. The van der Waals surface area contributed by atoms with Crippen LogP contribution in [0, 0.1) is 0 Å². The minimum atomic E-state index is -0.748. The van der Waals surface area contributed by atoms with Crippen molar-refractivity contribution >= 4 is 5.96 Å². The normalized spacial score (nSPS) is 18.7. The van der Waals surface area contributed by atoms with Gasteiger partial charge in [-0.1, -0.05) is 0 Å². The van der Waals surface area contributed by atoms with E-state index in [4.69, 9.17) is 14.2 Å². The molecule has 0 aromatic heterocycles. The van der Waals surface area contributed by atoms with Crippen molar-refractivity contribution < 1.29 is 19.3 Å². The number of nitrogens with one attached hydrogen (secondary N) is 2. The number of benzene rings is 1. The lowest BCUT2D eigenvalue weighted by atomic mass is 10.1. The topological polar surface area (TPSA) is 84.3 Å². The van der Waals surface area contributed by atoms with Gasteiger partial charge in [0.2, 0.25) is 0 Å². The molecular weight excluding hydrogens is 322 g/mol. The van der Waals surface area contributed by atoms with Crippen molar-refractivity contribution in [1.29, 1.82) is 0 Å². The number of methoxy groups -OCH3 is 2. The molecule has 1 aliphatic heterocycles. The Labute approximate surface area is 149 Å². The number of aliphatic imine (C=N–C) groups is 1. The molecule has 25 heavy (non-hydrogen) atoms. The molecule has 140 valence electrons. The van der Waals surface area contributed by atoms with E-state index in [2.05, 4.69) is 15.6 Å². The third-order valence-electron chi connectivity index (χ3n) is 4.05. The molecule has 1 fully saturated rings. The molecule has 0 spiro atoms. The van der Waals surface area contributed by atoms with Crippen molar-refractivity contribution in [3.8, 4) is 11.5 Å².